The molecule has 6 nitrogen and oxygen atoms in total. The number of anilines is 1. The van der Waals surface area contributed by atoms with Gasteiger partial charge < -0.3 is 14.8 Å². The molecule has 1 aromatic rings. The molecule has 0 spiro atoms. The van der Waals surface area contributed by atoms with Gasteiger partial charge in [-0.3, -0.25) is 0 Å². The lowest BCUT2D eigenvalue weighted by Crippen LogP contribution is -2.44. The Bertz CT molecular complexity index is 536. The van der Waals surface area contributed by atoms with Gasteiger partial charge in [0.15, 0.2) is 9.84 Å². The Kier molecular flexibility index (Phi) is 4.62. The number of pyridine rings is 1. The van der Waals surface area contributed by atoms with Crippen molar-refractivity contribution in [3.63, 3.8) is 0 Å². The van der Waals surface area contributed by atoms with E-state index in [-0.39, 0.29) is 10.5 Å². The summed E-state index contributed by atoms with van der Waals surface area (Å²) in [4.78, 5) is 4.34. The minimum atomic E-state index is -3.20. The normalized spacial score (nSPS) is 18.7. The highest BCUT2D eigenvalue weighted by Crippen LogP contribution is 2.24. The fraction of sp³-hybridized carbons (Fsp3) is 0.615. The smallest absolute Gasteiger partial charge is 0.177 e. The molecule has 1 aromatic heterocycles. The van der Waals surface area contributed by atoms with Crippen molar-refractivity contribution in [3.8, 4) is 0 Å². The molecule has 1 N–H and O–H groups in total. The molecule has 112 valence electrons. The molecule has 2 heterocycles. The summed E-state index contributed by atoms with van der Waals surface area (Å²) in [7, 11) is -1.50. The fourth-order valence-electron chi connectivity index (χ4n) is 2.15. The molecule has 0 atom stereocenters. The summed E-state index contributed by atoms with van der Waals surface area (Å²) >= 11 is 0. The third-order valence-corrected chi connectivity index (χ3v) is 4.69. The lowest BCUT2D eigenvalue weighted by atomic mass is 9.94. The second-order valence-corrected chi connectivity index (χ2v) is 7.02. The van der Waals surface area contributed by atoms with Gasteiger partial charge in [-0.25, -0.2) is 13.4 Å². The Morgan fingerprint density at radius 1 is 1.40 bits per heavy atom. The second-order valence-electron chi connectivity index (χ2n) is 5.00. The van der Waals surface area contributed by atoms with Crippen molar-refractivity contribution >= 4 is 15.7 Å². The van der Waals surface area contributed by atoms with Crippen LogP contribution in [0, 0.1) is 0 Å². The number of hydrogen-bond donors (Lipinski definition) is 1. The zero-order valence-electron chi connectivity index (χ0n) is 11.8. The van der Waals surface area contributed by atoms with Crippen molar-refractivity contribution in [3.05, 3.63) is 18.3 Å². The third kappa shape index (κ3) is 3.68. The second kappa shape index (κ2) is 6.07. The first-order chi connectivity index (χ1) is 9.45. The van der Waals surface area contributed by atoms with Crippen LogP contribution in [-0.4, -0.2) is 52.1 Å². The van der Waals surface area contributed by atoms with Gasteiger partial charge in [0, 0.05) is 52.2 Å². The standard InChI is InChI=1S/C13H20N2O4S/c1-18-13(5-7-19-8-6-13)10-15-12-4-3-11(9-14-12)20(2,16)17/h3-4,9H,5-8,10H2,1-2H3,(H,14,15). The van der Waals surface area contributed by atoms with Gasteiger partial charge in [0.05, 0.1) is 10.5 Å². The van der Waals surface area contributed by atoms with Crippen molar-refractivity contribution in [2.24, 2.45) is 0 Å². The van der Waals surface area contributed by atoms with Gasteiger partial charge in [-0.2, -0.15) is 0 Å². The number of hydrogen-bond acceptors (Lipinski definition) is 6. The summed E-state index contributed by atoms with van der Waals surface area (Å²) in [5.74, 6) is 0.639. The van der Waals surface area contributed by atoms with Crippen LogP contribution in [0.4, 0.5) is 5.82 Å². The molecule has 0 saturated carbocycles. The van der Waals surface area contributed by atoms with E-state index in [2.05, 4.69) is 10.3 Å². The van der Waals surface area contributed by atoms with Gasteiger partial charge in [0.1, 0.15) is 5.82 Å². The molecule has 0 amide bonds. The van der Waals surface area contributed by atoms with Gasteiger partial charge in [-0.15, -0.1) is 0 Å². The highest BCUT2D eigenvalue weighted by Gasteiger charge is 2.32. The Labute approximate surface area is 119 Å². The summed E-state index contributed by atoms with van der Waals surface area (Å²) in [6.45, 7) is 2.00. The van der Waals surface area contributed by atoms with Gasteiger partial charge in [0.2, 0.25) is 0 Å². The molecule has 1 aliphatic rings. The summed E-state index contributed by atoms with van der Waals surface area (Å²) in [5, 5.41) is 3.20. The molecular weight excluding hydrogens is 280 g/mol. The largest absolute Gasteiger partial charge is 0.381 e. The number of ether oxygens (including phenoxy) is 2. The highest BCUT2D eigenvalue weighted by molar-refractivity contribution is 7.90. The van der Waals surface area contributed by atoms with Gasteiger partial charge in [0.25, 0.3) is 0 Å². The Morgan fingerprint density at radius 2 is 2.10 bits per heavy atom. The summed E-state index contributed by atoms with van der Waals surface area (Å²) in [6.07, 6.45) is 4.19. The summed E-state index contributed by atoms with van der Waals surface area (Å²) < 4.78 is 33.7. The third-order valence-electron chi connectivity index (χ3n) is 3.59. The van der Waals surface area contributed by atoms with Crippen LogP contribution in [0.2, 0.25) is 0 Å². The van der Waals surface area contributed by atoms with Crippen molar-refractivity contribution in [2.75, 3.05) is 38.4 Å². The summed E-state index contributed by atoms with van der Waals surface area (Å²) in [5.41, 5.74) is -0.241. The topological polar surface area (TPSA) is 77.5 Å². The van der Waals surface area contributed by atoms with E-state index in [1.807, 2.05) is 0 Å². The Balaban J connectivity index is 2.00. The van der Waals surface area contributed by atoms with Crippen LogP contribution in [0.5, 0.6) is 0 Å². The average molecular weight is 300 g/mol. The fourth-order valence-corrected chi connectivity index (χ4v) is 2.71. The van der Waals surface area contributed by atoms with Gasteiger partial charge >= 0.3 is 0 Å². The number of nitrogens with zero attached hydrogens (tertiary/aromatic N) is 1. The maximum absolute atomic E-state index is 11.4. The van der Waals surface area contributed by atoms with E-state index in [9.17, 15) is 8.42 Å². The van der Waals surface area contributed by atoms with Crippen molar-refractivity contribution < 1.29 is 17.9 Å². The number of sulfone groups is 1. The predicted molar refractivity (Wildman–Crippen MR) is 75.6 cm³/mol. The number of rotatable bonds is 5. The van der Waals surface area contributed by atoms with Crippen LogP contribution in [0.25, 0.3) is 0 Å². The first-order valence-corrected chi connectivity index (χ1v) is 8.37. The maximum Gasteiger partial charge on any atom is 0.177 e. The molecule has 0 aromatic carbocycles. The van der Waals surface area contributed by atoms with E-state index >= 15 is 0 Å². The van der Waals surface area contributed by atoms with Crippen LogP contribution in [0.1, 0.15) is 12.8 Å². The quantitative estimate of drug-likeness (QED) is 0.877. The molecule has 1 fully saturated rings. The Hall–Kier alpha value is -1.18. The molecular formula is C13H20N2O4S. The molecule has 0 radical (unpaired) electrons. The molecule has 0 bridgehead atoms. The van der Waals surface area contributed by atoms with Crippen LogP contribution in [0.3, 0.4) is 0 Å². The molecule has 0 unspecified atom stereocenters. The van der Waals surface area contributed by atoms with E-state index in [1.165, 1.54) is 12.5 Å². The lowest BCUT2D eigenvalue weighted by molar-refractivity contribution is -0.0807. The van der Waals surface area contributed by atoms with Crippen LogP contribution >= 0.6 is 0 Å². The zero-order chi connectivity index (χ0) is 14.6. The van der Waals surface area contributed by atoms with E-state index in [0.29, 0.717) is 25.6 Å². The van der Waals surface area contributed by atoms with Gasteiger partial charge in [-0.1, -0.05) is 0 Å². The minimum Gasteiger partial charge on any atom is -0.381 e. The monoisotopic (exact) mass is 300 g/mol. The minimum absolute atomic E-state index is 0.218. The number of methoxy groups -OCH3 is 1. The van der Waals surface area contributed by atoms with Crippen LogP contribution < -0.4 is 5.32 Å². The van der Waals surface area contributed by atoms with E-state index < -0.39 is 9.84 Å². The van der Waals surface area contributed by atoms with Crippen molar-refractivity contribution in [1.29, 1.82) is 0 Å². The lowest BCUT2D eigenvalue weighted by Gasteiger charge is -2.36. The van der Waals surface area contributed by atoms with Gasteiger partial charge in [-0.05, 0) is 12.1 Å². The molecule has 1 saturated heterocycles. The first-order valence-electron chi connectivity index (χ1n) is 6.48. The Morgan fingerprint density at radius 3 is 2.60 bits per heavy atom. The maximum atomic E-state index is 11.4. The SMILES string of the molecule is COC1(CNc2ccc(S(C)(=O)=O)cn2)CCOCC1. The van der Waals surface area contributed by atoms with Crippen LogP contribution in [-0.2, 0) is 19.3 Å². The van der Waals surface area contributed by atoms with Crippen molar-refractivity contribution in [2.45, 2.75) is 23.3 Å². The average Bonchev–Trinajstić information content (AvgIpc) is 2.46. The molecule has 2 rings (SSSR count). The molecule has 20 heavy (non-hydrogen) atoms. The van der Waals surface area contributed by atoms with E-state index in [1.54, 1.807) is 19.2 Å². The zero-order valence-corrected chi connectivity index (χ0v) is 12.6. The number of nitrogens with one attached hydrogen (secondary N) is 1. The van der Waals surface area contributed by atoms with Crippen LogP contribution in [0.15, 0.2) is 23.2 Å². The predicted octanol–water partition coefficient (Wildman–Crippen LogP) is 1.09. The first kappa shape index (κ1) is 15.2. The van der Waals surface area contributed by atoms with E-state index in [0.717, 1.165) is 12.8 Å². The highest BCUT2D eigenvalue weighted by atomic mass is 32.2. The molecule has 1 aliphatic heterocycles. The summed E-state index contributed by atoms with van der Waals surface area (Å²) in [6, 6.07) is 3.22. The molecule has 0 aliphatic carbocycles. The number of aromatic nitrogens is 1. The molecule has 7 heteroatoms. The van der Waals surface area contributed by atoms with E-state index in [4.69, 9.17) is 9.47 Å². The van der Waals surface area contributed by atoms with Crippen molar-refractivity contribution in [1.82, 2.24) is 4.98 Å².